The second-order valence-corrected chi connectivity index (χ2v) is 15.3. The Hall–Kier alpha value is -0.630. The van der Waals surface area contributed by atoms with Gasteiger partial charge in [0.1, 0.15) is 0 Å². The van der Waals surface area contributed by atoms with Crippen LogP contribution in [0.4, 0.5) is 39.5 Å². The average molecular weight is 860 g/mol. The van der Waals surface area contributed by atoms with E-state index in [4.69, 9.17) is 4.11 Å². The summed E-state index contributed by atoms with van der Waals surface area (Å²) in [4.78, 5) is 0. The highest BCUT2D eigenvalue weighted by molar-refractivity contribution is 4.58. The fourth-order valence-corrected chi connectivity index (χ4v) is 1.66. The van der Waals surface area contributed by atoms with Gasteiger partial charge in [0.05, 0.1) is 5.92 Å². The van der Waals surface area contributed by atoms with Crippen molar-refractivity contribution in [2.45, 2.75) is 281 Å². The largest absolute Gasteiger partial charge is 0.391 e. The molecule has 364 valence electrons. The van der Waals surface area contributed by atoms with Crippen LogP contribution in [0.2, 0.25) is 0 Å². The standard InChI is InChI=1S/2C6H11F3.C5H9F3.2C5H12.4C4H10.C3H8.C2H6/c2*1-3-5(2)4-6(7,8)9;1-3-4(2)5(6,7)8;1-4-5(2)3;1-3-5-4-2;2*1-4(2)3;2*1-3-4-2;1-3-2;1-2/h2*5H,3-4H2,1-2H3;4H,3H2,1-2H3;5H,4H2,1-3H3;3-5H2,1-2H3;2*4H,1-3H3;2*3-4H2,1-2H3;3H2,1-2H3;1-2H3/t2*5-;;;;;;;;;/m00........./s1/i;;;;;4D;;3D2;;;. The van der Waals surface area contributed by atoms with E-state index in [2.05, 4.69) is 83.1 Å². The lowest BCUT2D eigenvalue weighted by atomic mass is 10.1. The molecule has 0 aromatic rings. The Morgan fingerprint density at radius 1 is 0.439 bits per heavy atom. The minimum absolute atomic E-state index is 0.170. The van der Waals surface area contributed by atoms with E-state index in [1.807, 2.05) is 41.5 Å². The molecule has 0 saturated carbocycles. The molecule has 0 aromatic carbocycles. The van der Waals surface area contributed by atoms with Crippen molar-refractivity contribution in [3.8, 4) is 0 Å². The zero-order valence-electron chi connectivity index (χ0n) is 46.0. The number of unbranched alkanes of at least 4 members (excludes halogenated alkanes) is 3. The minimum atomic E-state index is -3.99. The number of alkyl halides is 9. The molecule has 0 bridgehead atoms. The lowest BCUT2D eigenvalue weighted by molar-refractivity contribution is -0.170. The van der Waals surface area contributed by atoms with E-state index in [9.17, 15) is 39.5 Å². The zero-order chi connectivity index (χ0) is 51.6. The van der Waals surface area contributed by atoms with Crippen molar-refractivity contribution in [1.29, 1.82) is 0 Å². The fourth-order valence-electron chi connectivity index (χ4n) is 1.66. The van der Waals surface area contributed by atoms with Gasteiger partial charge in [-0.15, -0.1) is 0 Å². The van der Waals surface area contributed by atoms with Crippen LogP contribution in [0.25, 0.3) is 0 Å². The average Bonchev–Trinajstić information content (AvgIpc) is 3.07. The van der Waals surface area contributed by atoms with Crippen LogP contribution in [0.3, 0.4) is 0 Å². The van der Waals surface area contributed by atoms with Gasteiger partial charge in [0.2, 0.25) is 0 Å². The summed E-state index contributed by atoms with van der Waals surface area (Å²) in [7, 11) is 0. The van der Waals surface area contributed by atoms with Crippen LogP contribution >= 0.6 is 0 Å². The molecule has 0 aromatic heterocycles. The minimum Gasteiger partial charge on any atom is -0.171 e. The first kappa shape index (κ1) is 73.9. The molecule has 0 rings (SSSR count). The maximum absolute atomic E-state index is 11.5. The Balaban J connectivity index is -0.0000000500. The molecule has 0 saturated heterocycles. The molecule has 0 aliphatic rings. The van der Waals surface area contributed by atoms with E-state index >= 15 is 0 Å². The molecule has 0 fully saturated rings. The SMILES string of the molecule is CC.CC(C)C.CCC.CCC(C)C.CCC(C)C(F)(F)F.CCCC.CCCCC.CC[C@H](C)CC(F)(F)F.CC[C@H](C)CC(F)(F)F.[2H]C(C)(C)C.[2H]C([2H])(C)CC. The quantitative estimate of drug-likeness (QED) is 0.192. The van der Waals surface area contributed by atoms with Crippen molar-refractivity contribution in [2.24, 2.45) is 35.5 Å². The van der Waals surface area contributed by atoms with Gasteiger partial charge >= 0.3 is 18.5 Å². The summed E-state index contributed by atoms with van der Waals surface area (Å²) in [5, 5.41) is 0. The summed E-state index contributed by atoms with van der Waals surface area (Å²) in [5.74, 6) is -0.146. The maximum atomic E-state index is 11.5. The maximum Gasteiger partial charge on any atom is 0.391 e. The predicted molar refractivity (Wildman–Crippen MR) is 246 cm³/mol. The third-order valence-electron chi connectivity index (χ3n) is 6.10. The van der Waals surface area contributed by atoms with Crippen molar-refractivity contribution >= 4 is 0 Å². The van der Waals surface area contributed by atoms with Gasteiger partial charge < -0.3 is 0 Å². The molecule has 0 aliphatic heterocycles. The van der Waals surface area contributed by atoms with Crippen molar-refractivity contribution in [1.82, 2.24) is 0 Å². The number of hydrogen-bond acceptors (Lipinski definition) is 0. The van der Waals surface area contributed by atoms with Gasteiger partial charge in [0, 0.05) is 17.0 Å². The molecule has 0 aliphatic carbocycles. The topological polar surface area (TPSA) is 0 Å². The highest BCUT2D eigenvalue weighted by Crippen LogP contribution is 2.28. The van der Waals surface area contributed by atoms with E-state index in [1.165, 1.54) is 58.8 Å². The first-order chi connectivity index (χ1) is 26.7. The van der Waals surface area contributed by atoms with Crippen LogP contribution in [-0.2, 0) is 0 Å². The van der Waals surface area contributed by atoms with Gasteiger partial charge in [0.15, 0.2) is 0 Å². The van der Waals surface area contributed by atoms with Gasteiger partial charge in [-0.05, 0) is 36.0 Å². The number of rotatable bonds is 10. The molecule has 1 unspecified atom stereocenters. The van der Waals surface area contributed by atoms with Crippen LogP contribution in [0.1, 0.15) is 267 Å². The molecule has 0 amide bonds. The van der Waals surface area contributed by atoms with E-state index in [-0.39, 0.29) is 24.2 Å². The summed E-state index contributed by atoms with van der Waals surface area (Å²) >= 11 is 0. The molecular formula is C48H109F9. The highest BCUT2D eigenvalue weighted by Gasteiger charge is 2.34. The lowest BCUT2D eigenvalue weighted by Gasteiger charge is -2.11. The second-order valence-electron chi connectivity index (χ2n) is 15.3. The number of halogens is 9. The molecule has 0 spiro atoms. The van der Waals surface area contributed by atoms with E-state index < -0.39 is 43.7 Å². The van der Waals surface area contributed by atoms with Gasteiger partial charge in [-0.3, -0.25) is 0 Å². The third kappa shape index (κ3) is 211. The van der Waals surface area contributed by atoms with Crippen molar-refractivity contribution < 1.29 is 43.6 Å². The summed E-state index contributed by atoms with van der Waals surface area (Å²) in [6, 6.07) is 0. The monoisotopic (exact) mass is 860 g/mol. The van der Waals surface area contributed by atoms with Crippen molar-refractivity contribution in [3.63, 3.8) is 0 Å². The summed E-state index contributed by atoms with van der Waals surface area (Å²) in [6.07, 6.45) is -2.96. The Kier molecular flexibility index (Phi) is 87.0. The zero-order valence-corrected chi connectivity index (χ0v) is 43.0. The van der Waals surface area contributed by atoms with E-state index in [0.717, 1.165) is 11.8 Å². The molecule has 0 N–H and O–H groups in total. The summed E-state index contributed by atoms with van der Waals surface area (Å²) in [5.41, 5.74) is 0. The Morgan fingerprint density at radius 2 is 0.649 bits per heavy atom. The fraction of sp³-hybridized carbons (Fsp3) is 1.00. The van der Waals surface area contributed by atoms with Gasteiger partial charge in [0.25, 0.3) is 0 Å². The van der Waals surface area contributed by atoms with E-state index in [1.54, 1.807) is 34.6 Å². The van der Waals surface area contributed by atoms with Crippen LogP contribution in [0.15, 0.2) is 0 Å². The van der Waals surface area contributed by atoms with Crippen molar-refractivity contribution in [3.05, 3.63) is 0 Å². The lowest BCUT2D eigenvalue weighted by Crippen LogP contribution is -2.18. The van der Waals surface area contributed by atoms with Gasteiger partial charge in [-0.25, -0.2) is 0 Å². The number of hydrogen-bond donors (Lipinski definition) is 0. The first-order valence-electron chi connectivity index (χ1n) is 23.9. The summed E-state index contributed by atoms with van der Waals surface area (Å²) in [6.45, 7) is 48.6. The first-order valence-corrected chi connectivity index (χ1v) is 22.4. The molecule has 0 radical (unpaired) electrons. The molecule has 57 heavy (non-hydrogen) atoms. The Labute approximate surface area is 360 Å². The third-order valence-corrected chi connectivity index (χ3v) is 6.10. The Bertz CT molecular complexity index is 646. The van der Waals surface area contributed by atoms with Crippen LogP contribution in [0, 0.1) is 35.5 Å². The second kappa shape index (κ2) is 67.2. The Morgan fingerprint density at radius 3 is 0.667 bits per heavy atom. The highest BCUT2D eigenvalue weighted by atomic mass is 19.4. The molecular weight excluding hydrogens is 748 g/mol. The molecule has 0 heterocycles. The van der Waals surface area contributed by atoms with Crippen LogP contribution in [-0.4, -0.2) is 18.5 Å². The summed E-state index contributed by atoms with van der Waals surface area (Å²) < 4.78 is 124. The molecule has 3 atom stereocenters. The van der Waals surface area contributed by atoms with E-state index in [0.29, 0.717) is 19.3 Å². The molecule has 0 nitrogen and oxygen atoms in total. The van der Waals surface area contributed by atoms with Crippen LogP contribution < -0.4 is 0 Å². The van der Waals surface area contributed by atoms with Gasteiger partial charge in [-0.2, -0.15) is 39.5 Å². The van der Waals surface area contributed by atoms with Gasteiger partial charge in [-0.1, -0.05) is 244 Å². The smallest absolute Gasteiger partial charge is 0.171 e. The van der Waals surface area contributed by atoms with Crippen LogP contribution in [0.5, 0.6) is 0 Å². The molecule has 9 heteroatoms. The predicted octanol–water partition coefficient (Wildman–Crippen LogP) is 22.2. The van der Waals surface area contributed by atoms with Crippen molar-refractivity contribution in [2.75, 3.05) is 0 Å². The normalized spacial score (nSPS) is 12.7.